The van der Waals surface area contributed by atoms with E-state index in [1.807, 2.05) is 72.8 Å². The molecule has 346 valence electrons. The van der Waals surface area contributed by atoms with Crippen molar-refractivity contribution in [3.05, 3.63) is 194 Å². The third kappa shape index (κ3) is 14.0. The molecule has 0 fully saturated rings. The number of hydrogen-bond acceptors (Lipinski definition) is 14. The van der Waals surface area contributed by atoms with Crippen molar-refractivity contribution in [3.8, 4) is 62.5 Å². The number of rotatable bonds is 14. The summed E-state index contributed by atoms with van der Waals surface area (Å²) in [6, 6.07) is 52.5. The molecular weight excluding hydrogens is 999 g/mol. The fourth-order valence-corrected chi connectivity index (χ4v) is 9.94. The molecule has 70 heavy (non-hydrogen) atoms. The molecule has 0 atom stereocenters. The minimum Gasteiger partial charge on any atom is -0.744 e. The van der Waals surface area contributed by atoms with Gasteiger partial charge in [0.05, 0.1) is 26.7 Å². The van der Waals surface area contributed by atoms with E-state index in [2.05, 4.69) is 6.07 Å². The molecule has 8 aromatic rings. The maximum Gasteiger partial charge on any atom is 1.00 e. The van der Waals surface area contributed by atoms with Gasteiger partial charge in [0.25, 0.3) is 0 Å². The summed E-state index contributed by atoms with van der Waals surface area (Å²) in [5.74, 6) is 3.61. The van der Waals surface area contributed by atoms with Crippen LogP contribution in [-0.2, 0) is 40.4 Å². The van der Waals surface area contributed by atoms with E-state index in [0.29, 0.717) is 28.7 Å². The van der Waals surface area contributed by atoms with Crippen LogP contribution in [0.15, 0.2) is 206 Å². The van der Waals surface area contributed by atoms with Gasteiger partial charge in [0.2, 0.25) is 9.84 Å². The normalized spacial score (nSPS) is 11.1. The van der Waals surface area contributed by atoms with Crippen LogP contribution in [0.25, 0.3) is 22.3 Å². The standard InChI is InChI=1S/C50H37O11S3.2Na.O3S/c1-34-3-26-49(33-50(34)64(55,56)57)63(53,54)48-31-24-45(25-32-48)61-42-18-10-38(11-19-42)37-8-16-41(17-9-37)60-44-22-29-47(30-23-44)62(51,52)46-27-20-43(21-28-46)59-40-14-6-36(7-15-40)35-4-12-39(58-2)13-5-35;;;1-4(2)3/h3-24,26-33H,1-2H3,(H,55,56,57);;;/q-1;2*+1;/p-1. The fraction of sp³-hybridized carbons (Fsp3) is 0.0400. The van der Waals surface area contributed by atoms with Crippen LogP contribution in [0.2, 0.25) is 0 Å². The van der Waals surface area contributed by atoms with Gasteiger partial charge in [-0.15, -0.1) is 24.8 Å². The van der Waals surface area contributed by atoms with Gasteiger partial charge in [-0.05, 0) is 149 Å². The zero-order valence-corrected chi connectivity index (χ0v) is 44.9. The smallest absolute Gasteiger partial charge is 0.744 e. The summed E-state index contributed by atoms with van der Waals surface area (Å²) < 4.78 is 136. The Morgan fingerprint density at radius 3 is 1.09 bits per heavy atom. The predicted octanol–water partition coefficient (Wildman–Crippen LogP) is 4.09. The summed E-state index contributed by atoms with van der Waals surface area (Å²) in [5.41, 5.74) is 3.98. The van der Waals surface area contributed by atoms with Crippen LogP contribution in [0.1, 0.15) is 5.56 Å². The first-order valence-electron chi connectivity index (χ1n) is 19.9. The monoisotopic (exact) mass is 1030 g/mol. The summed E-state index contributed by atoms with van der Waals surface area (Å²) in [6.07, 6.45) is 0. The third-order valence-corrected chi connectivity index (χ3v) is 14.6. The Bertz CT molecular complexity index is 3520. The van der Waals surface area contributed by atoms with Gasteiger partial charge < -0.3 is 23.5 Å². The molecule has 0 aliphatic rings. The van der Waals surface area contributed by atoms with E-state index < -0.39 is 45.3 Å². The molecule has 0 amide bonds. The first-order chi connectivity index (χ1) is 32.4. The van der Waals surface area contributed by atoms with Gasteiger partial charge in [-0.25, -0.2) is 25.3 Å². The minimum absolute atomic E-state index is 0. The molecule has 0 unspecified atom stereocenters. The van der Waals surface area contributed by atoms with Crippen molar-refractivity contribution in [2.75, 3.05) is 7.11 Å². The Hall–Kier alpha value is -5.61. The topological polar surface area (TPSA) is 214 Å². The number of sulfone groups is 2. The van der Waals surface area contributed by atoms with Crippen LogP contribution in [-0.4, -0.2) is 49.5 Å². The first-order valence-corrected chi connectivity index (χ1v) is 25.3. The Labute approximate surface area is 451 Å². The number of hydrogen-bond donors (Lipinski definition) is 0. The van der Waals surface area contributed by atoms with Gasteiger partial charge in [-0.3, -0.25) is 0 Å². The average molecular weight is 1040 g/mol. The quantitative estimate of drug-likeness (QED) is 0.0853. The van der Waals surface area contributed by atoms with Crippen molar-refractivity contribution in [2.45, 2.75) is 31.4 Å². The second kappa shape index (κ2) is 24.0. The summed E-state index contributed by atoms with van der Waals surface area (Å²) in [4.78, 5) is -0.841. The van der Waals surface area contributed by atoms with Crippen LogP contribution in [0.3, 0.4) is 0 Å². The van der Waals surface area contributed by atoms with Crippen molar-refractivity contribution in [2.24, 2.45) is 0 Å². The second-order valence-electron chi connectivity index (χ2n) is 14.5. The van der Waals surface area contributed by atoms with Gasteiger partial charge in [0, 0.05) is 5.75 Å². The van der Waals surface area contributed by atoms with Gasteiger partial charge in [-0.2, -0.15) is 12.1 Å². The first kappa shape index (κ1) is 55.3. The molecule has 8 aromatic carbocycles. The Morgan fingerprint density at radius 1 is 0.429 bits per heavy atom. The number of benzene rings is 8. The molecule has 20 heteroatoms. The molecule has 0 spiro atoms. The largest absolute Gasteiger partial charge is 1.00 e. The Balaban J connectivity index is 0.00000147. The van der Waals surface area contributed by atoms with Crippen molar-refractivity contribution in [3.63, 3.8) is 0 Å². The number of aryl methyl sites for hydroxylation is 1. The molecular formula is C50H36Na2O14S4. The van der Waals surface area contributed by atoms with E-state index in [1.165, 1.54) is 61.5 Å². The zero-order valence-electron chi connectivity index (χ0n) is 37.7. The molecule has 0 N–H and O–H groups in total. The van der Waals surface area contributed by atoms with Crippen LogP contribution in [0.4, 0.5) is 0 Å². The van der Waals surface area contributed by atoms with Crippen LogP contribution in [0.5, 0.6) is 40.2 Å². The predicted molar refractivity (Wildman–Crippen MR) is 248 cm³/mol. The van der Waals surface area contributed by atoms with E-state index in [0.717, 1.165) is 34.1 Å². The third-order valence-electron chi connectivity index (χ3n) is 10.1. The van der Waals surface area contributed by atoms with Crippen LogP contribution < -0.4 is 78.1 Å². The molecule has 0 radical (unpaired) electrons. The zero-order chi connectivity index (χ0) is 48.6. The summed E-state index contributed by atoms with van der Waals surface area (Å²) >= 11 is 0. The molecule has 14 nitrogen and oxygen atoms in total. The molecule has 0 aromatic heterocycles. The molecule has 0 bridgehead atoms. The second-order valence-corrected chi connectivity index (χ2v) is 20.2. The van der Waals surface area contributed by atoms with Gasteiger partial charge in [0.15, 0.2) is 9.84 Å². The van der Waals surface area contributed by atoms with Crippen molar-refractivity contribution in [1.82, 2.24) is 0 Å². The Morgan fingerprint density at radius 2 is 0.743 bits per heavy atom. The van der Waals surface area contributed by atoms with E-state index in [-0.39, 0.29) is 90.0 Å². The van der Waals surface area contributed by atoms with E-state index in [1.54, 1.807) is 55.6 Å². The summed E-state index contributed by atoms with van der Waals surface area (Å²) in [7, 11) is -14.3. The Kier molecular flexibility index (Phi) is 19.0. The average Bonchev–Trinajstić information content (AvgIpc) is 3.32. The molecule has 0 saturated carbocycles. The van der Waals surface area contributed by atoms with Crippen molar-refractivity contribution < 1.29 is 120 Å². The van der Waals surface area contributed by atoms with E-state index in [4.69, 9.17) is 31.6 Å². The summed E-state index contributed by atoms with van der Waals surface area (Å²) in [6.45, 7) is 1.41. The molecule has 0 saturated heterocycles. The number of methoxy groups -OCH3 is 1. The van der Waals surface area contributed by atoms with Crippen LogP contribution >= 0.6 is 0 Å². The van der Waals surface area contributed by atoms with Crippen molar-refractivity contribution in [1.29, 1.82) is 0 Å². The van der Waals surface area contributed by atoms with Gasteiger partial charge in [-0.1, -0.05) is 54.6 Å². The van der Waals surface area contributed by atoms with E-state index in [9.17, 15) is 29.8 Å². The molecule has 0 heterocycles. The molecule has 0 aliphatic heterocycles. The minimum atomic E-state index is -4.87. The summed E-state index contributed by atoms with van der Waals surface area (Å²) in [5, 5.41) is 0. The maximum atomic E-state index is 13.5. The maximum absolute atomic E-state index is 13.5. The van der Waals surface area contributed by atoms with Gasteiger partial charge in [0.1, 0.15) is 44.6 Å². The van der Waals surface area contributed by atoms with Crippen LogP contribution in [0, 0.1) is 13.0 Å². The van der Waals surface area contributed by atoms with E-state index >= 15 is 0 Å². The molecule has 0 aliphatic carbocycles. The fourth-order valence-electron chi connectivity index (χ4n) is 6.62. The molecule has 8 rings (SSSR count). The van der Waals surface area contributed by atoms with Crippen molar-refractivity contribution >= 4 is 40.4 Å². The van der Waals surface area contributed by atoms with Gasteiger partial charge >= 0.3 is 69.7 Å². The SMILES string of the molecule is COc1ccc(-c2ccc(Oc3ccc(S(=O)(=O)c4ccc(Oc5ccc(-c6ccc(Oc7[c-]cc(S(=O)(=O)c8ccc(C)c(S(=O)(=O)[O-])c8)cc7)cc6)cc5)cc4)cc3)cc2)cc1.O=S(=O)=O.[Na+].[Na+]. The number of ether oxygens (including phenoxy) is 4.